The summed E-state index contributed by atoms with van der Waals surface area (Å²) in [7, 11) is 0. The third-order valence-corrected chi connectivity index (χ3v) is 5.74. The van der Waals surface area contributed by atoms with Gasteiger partial charge < -0.3 is 15.1 Å². The van der Waals surface area contributed by atoms with Gasteiger partial charge in [0.25, 0.3) is 11.6 Å². The molecule has 2 aromatic carbocycles. The third-order valence-electron chi connectivity index (χ3n) is 5.74. The van der Waals surface area contributed by atoms with E-state index in [1.807, 2.05) is 0 Å². The minimum Gasteiger partial charge on any atom is -0.369 e. The molecule has 2 aromatic rings. The zero-order chi connectivity index (χ0) is 22.7. The molecule has 1 N–H and O–H groups in total. The predicted octanol–water partition coefficient (Wildman–Crippen LogP) is 3.81. The number of hydrogen-bond donors (Lipinski definition) is 1. The van der Waals surface area contributed by atoms with Crippen LogP contribution in [0.15, 0.2) is 30.3 Å². The predicted molar refractivity (Wildman–Crippen MR) is 114 cm³/mol. The molecule has 0 radical (unpaired) electrons. The number of nitrogens with one attached hydrogen (secondary N) is 1. The fourth-order valence-electron chi connectivity index (χ4n) is 3.81. The van der Waals surface area contributed by atoms with E-state index in [9.17, 15) is 23.7 Å². The number of halogens is 2. The van der Waals surface area contributed by atoms with Crippen molar-refractivity contribution >= 4 is 17.3 Å². The molecule has 1 saturated heterocycles. The van der Waals surface area contributed by atoms with Crippen LogP contribution in [0.4, 0.5) is 20.2 Å². The molecule has 1 atom stereocenters. The Morgan fingerprint density at radius 3 is 2.48 bits per heavy atom. The normalized spacial score (nSPS) is 15.6. The summed E-state index contributed by atoms with van der Waals surface area (Å²) in [6, 6.07) is 5.90. The number of benzene rings is 2. The molecule has 1 aliphatic rings. The van der Waals surface area contributed by atoms with E-state index in [-0.39, 0.29) is 11.1 Å². The summed E-state index contributed by atoms with van der Waals surface area (Å²) in [4.78, 5) is 27.6. The fourth-order valence-corrected chi connectivity index (χ4v) is 3.81. The maximum Gasteiger partial charge on any atom is 0.276 e. The molecular weight excluding hydrogens is 406 g/mol. The highest BCUT2D eigenvalue weighted by Crippen LogP contribution is 2.29. The Morgan fingerprint density at radius 1 is 1.19 bits per heavy atom. The van der Waals surface area contributed by atoms with E-state index >= 15 is 0 Å². The minimum absolute atomic E-state index is 0.131. The van der Waals surface area contributed by atoms with E-state index in [4.69, 9.17) is 0 Å². The molecule has 7 nitrogen and oxygen atoms in total. The molecule has 0 aromatic heterocycles. The van der Waals surface area contributed by atoms with Crippen molar-refractivity contribution in [2.45, 2.75) is 26.8 Å². The Labute approximate surface area is 179 Å². The molecule has 0 saturated carbocycles. The van der Waals surface area contributed by atoms with Crippen molar-refractivity contribution in [2.24, 2.45) is 0 Å². The first kappa shape index (κ1) is 22.6. The maximum atomic E-state index is 14.1. The molecule has 1 unspecified atom stereocenters. The number of hydrogen-bond acceptors (Lipinski definition) is 5. The lowest BCUT2D eigenvalue weighted by molar-refractivity contribution is -0.385. The molecule has 1 fully saturated rings. The maximum absolute atomic E-state index is 14.1. The van der Waals surface area contributed by atoms with E-state index in [1.54, 1.807) is 13.0 Å². The van der Waals surface area contributed by atoms with Gasteiger partial charge in [-0.3, -0.25) is 14.9 Å². The van der Waals surface area contributed by atoms with Gasteiger partial charge in [-0.1, -0.05) is 6.92 Å². The molecule has 0 bridgehead atoms. The first-order chi connectivity index (χ1) is 14.7. The number of carbonyl (C=O) groups is 1. The van der Waals surface area contributed by atoms with Gasteiger partial charge in [0.05, 0.1) is 16.5 Å². The molecule has 1 aliphatic heterocycles. The summed E-state index contributed by atoms with van der Waals surface area (Å²) in [5.74, 6) is -1.92. The highest BCUT2D eigenvalue weighted by molar-refractivity contribution is 5.95. The fraction of sp³-hybridized carbons (Fsp3) is 0.409. The zero-order valence-corrected chi connectivity index (χ0v) is 17.8. The van der Waals surface area contributed by atoms with E-state index in [2.05, 4.69) is 22.0 Å². The summed E-state index contributed by atoms with van der Waals surface area (Å²) in [6.07, 6.45) is 0. The SMILES string of the molecule is CCN1CCN(c2ccc(F)cc2C(C)NC(=O)c2cc(F)c(C)c([N+](=O)[O-])c2)CC1. The van der Waals surface area contributed by atoms with Crippen LogP contribution in [-0.2, 0) is 0 Å². The number of amides is 1. The molecule has 31 heavy (non-hydrogen) atoms. The number of nitro benzene ring substituents is 1. The lowest BCUT2D eigenvalue weighted by Crippen LogP contribution is -2.46. The summed E-state index contributed by atoms with van der Waals surface area (Å²) in [5, 5.41) is 13.9. The second kappa shape index (κ2) is 9.38. The monoisotopic (exact) mass is 432 g/mol. The van der Waals surface area contributed by atoms with Crippen LogP contribution in [0, 0.1) is 28.7 Å². The van der Waals surface area contributed by atoms with Gasteiger partial charge in [0.2, 0.25) is 0 Å². The van der Waals surface area contributed by atoms with Gasteiger partial charge >= 0.3 is 0 Å². The van der Waals surface area contributed by atoms with Gasteiger partial charge in [-0.25, -0.2) is 8.78 Å². The first-order valence-corrected chi connectivity index (χ1v) is 10.2. The lowest BCUT2D eigenvalue weighted by Gasteiger charge is -2.37. The van der Waals surface area contributed by atoms with Crippen molar-refractivity contribution < 1.29 is 18.5 Å². The van der Waals surface area contributed by atoms with Crippen molar-refractivity contribution in [3.8, 4) is 0 Å². The van der Waals surface area contributed by atoms with Crippen LogP contribution in [0.3, 0.4) is 0 Å². The highest BCUT2D eigenvalue weighted by Gasteiger charge is 2.24. The van der Waals surface area contributed by atoms with Gasteiger partial charge in [0.1, 0.15) is 11.6 Å². The highest BCUT2D eigenvalue weighted by atomic mass is 19.1. The van der Waals surface area contributed by atoms with Crippen LogP contribution in [0.1, 0.15) is 41.4 Å². The molecule has 9 heteroatoms. The van der Waals surface area contributed by atoms with Crippen LogP contribution in [-0.4, -0.2) is 48.5 Å². The standard InChI is InChI=1S/C22H26F2N4O3/c1-4-26-7-9-27(10-8-26)20-6-5-17(23)13-18(20)15(3)25-22(29)16-11-19(24)14(2)21(12-16)28(30)31/h5-6,11-13,15H,4,7-10H2,1-3H3,(H,25,29). The molecule has 0 spiro atoms. The van der Waals surface area contributed by atoms with Crippen LogP contribution >= 0.6 is 0 Å². The minimum atomic E-state index is -0.827. The third kappa shape index (κ3) is 4.99. The Balaban J connectivity index is 1.84. The Morgan fingerprint density at radius 2 is 1.87 bits per heavy atom. The van der Waals surface area contributed by atoms with E-state index in [0.29, 0.717) is 5.56 Å². The number of likely N-dealkylation sites (N-methyl/N-ethyl adjacent to an activating group) is 1. The van der Waals surface area contributed by atoms with Crippen molar-refractivity contribution in [3.63, 3.8) is 0 Å². The number of piperazine rings is 1. The average molecular weight is 432 g/mol. The Bertz CT molecular complexity index is 991. The topological polar surface area (TPSA) is 78.7 Å². The number of rotatable bonds is 6. The van der Waals surface area contributed by atoms with Crippen molar-refractivity contribution in [3.05, 3.63) is 68.8 Å². The number of carbonyl (C=O) groups excluding carboxylic acids is 1. The van der Waals surface area contributed by atoms with Crippen LogP contribution in [0.25, 0.3) is 0 Å². The van der Waals surface area contributed by atoms with Crippen LogP contribution < -0.4 is 10.2 Å². The van der Waals surface area contributed by atoms with E-state index in [1.165, 1.54) is 19.1 Å². The second-order valence-electron chi connectivity index (χ2n) is 7.68. The lowest BCUT2D eigenvalue weighted by atomic mass is 10.0. The Hall–Kier alpha value is -3.07. The van der Waals surface area contributed by atoms with Crippen molar-refractivity contribution in [1.82, 2.24) is 10.2 Å². The number of nitro groups is 1. The van der Waals surface area contributed by atoms with Crippen LogP contribution in [0.2, 0.25) is 0 Å². The summed E-state index contributed by atoms with van der Waals surface area (Å²) in [5.41, 5.74) is 0.675. The number of nitrogens with zero attached hydrogens (tertiary/aromatic N) is 3. The Kier molecular flexibility index (Phi) is 6.84. The smallest absolute Gasteiger partial charge is 0.276 e. The quantitative estimate of drug-likeness (QED) is 0.555. The number of anilines is 1. The first-order valence-electron chi connectivity index (χ1n) is 10.2. The van der Waals surface area contributed by atoms with Gasteiger partial charge in [-0.2, -0.15) is 0 Å². The molecule has 1 amide bonds. The van der Waals surface area contributed by atoms with Crippen LogP contribution in [0.5, 0.6) is 0 Å². The average Bonchev–Trinajstić information content (AvgIpc) is 2.75. The molecular formula is C22H26F2N4O3. The molecule has 3 rings (SSSR count). The largest absolute Gasteiger partial charge is 0.369 e. The summed E-state index contributed by atoms with van der Waals surface area (Å²) in [6.45, 7) is 9.41. The zero-order valence-electron chi connectivity index (χ0n) is 17.8. The van der Waals surface area contributed by atoms with E-state index < -0.39 is 34.2 Å². The van der Waals surface area contributed by atoms with Crippen molar-refractivity contribution in [1.29, 1.82) is 0 Å². The molecule has 1 heterocycles. The van der Waals surface area contributed by atoms with E-state index in [0.717, 1.165) is 50.5 Å². The molecule has 166 valence electrons. The van der Waals surface area contributed by atoms with Crippen molar-refractivity contribution in [2.75, 3.05) is 37.6 Å². The van der Waals surface area contributed by atoms with Gasteiger partial charge in [0.15, 0.2) is 0 Å². The van der Waals surface area contributed by atoms with Gasteiger partial charge in [-0.15, -0.1) is 0 Å². The second-order valence-corrected chi connectivity index (χ2v) is 7.68. The van der Waals surface area contributed by atoms with Gasteiger partial charge in [-0.05, 0) is 44.7 Å². The summed E-state index contributed by atoms with van der Waals surface area (Å²) < 4.78 is 28.1. The summed E-state index contributed by atoms with van der Waals surface area (Å²) >= 11 is 0. The molecule has 0 aliphatic carbocycles. The van der Waals surface area contributed by atoms with Gasteiger partial charge in [0, 0.05) is 49.1 Å².